The Morgan fingerprint density at radius 2 is 1.57 bits per heavy atom. The average Bonchev–Trinajstić information content (AvgIpc) is 3.44. The summed E-state index contributed by atoms with van der Waals surface area (Å²) in [6.45, 7) is 14.0. The fourth-order valence-electron chi connectivity index (χ4n) is 7.35. The molecule has 2 fully saturated rings. The van der Waals surface area contributed by atoms with Crippen LogP contribution >= 0.6 is 0 Å². The minimum Gasteiger partial charge on any atom is -0.465 e. The molecule has 8 nitrogen and oxygen atoms in total. The van der Waals surface area contributed by atoms with Gasteiger partial charge in [-0.1, -0.05) is 84.5 Å². The third-order valence-electron chi connectivity index (χ3n) is 10.6. The number of rotatable bonds is 27. The van der Waals surface area contributed by atoms with Crippen molar-refractivity contribution in [3.05, 3.63) is 0 Å². The molecule has 0 unspecified atom stereocenters. The smallest absolute Gasteiger partial charge is 0.311 e. The SMILES string of the molecule is CCCCCC(CCCCC)CCCOC(=O)C(C)(C)CCCCCCN1C[C@@H](OC(=O)CCN(C)C2CCOCC2)C[C@H]1COC. The minimum atomic E-state index is -0.434. The van der Waals surface area contributed by atoms with E-state index >= 15 is 0 Å². The molecule has 2 heterocycles. The number of methoxy groups -OCH3 is 1. The summed E-state index contributed by atoms with van der Waals surface area (Å²) in [5.74, 6) is 0.647. The average molecular weight is 667 g/mol. The van der Waals surface area contributed by atoms with Gasteiger partial charge in [-0.2, -0.15) is 0 Å². The van der Waals surface area contributed by atoms with Gasteiger partial charge in [0.25, 0.3) is 0 Å². The molecule has 276 valence electrons. The van der Waals surface area contributed by atoms with E-state index in [4.69, 9.17) is 18.9 Å². The van der Waals surface area contributed by atoms with E-state index in [1.54, 1.807) is 7.11 Å². The zero-order chi connectivity index (χ0) is 34.3. The van der Waals surface area contributed by atoms with Crippen LogP contribution in [0.15, 0.2) is 0 Å². The summed E-state index contributed by atoms with van der Waals surface area (Å²) < 4.78 is 22.7. The number of esters is 2. The summed E-state index contributed by atoms with van der Waals surface area (Å²) in [5.41, 5.74) is -0.434. The van der Waals surface area contributed by atoms with E-state index in [-0.39, 0.29) is 18.0 Å². The van der Waals surface area contributed by atoms with E-state index in [1.165, 1.54) is 57.8 Å². The van der Waals surface area contributed by atoms with Gasteiger partial charge in [-0.3, -0.25) is 14.5 Å². The van der Waals surface area contributed by atoms with Gasteiger partial charge in [0, 0.05) is 51.9 Å². The Morgan fingerprint density at radius 1 is 0.915 bits per heavy atom. The summed E-state index contributed by atoms with van der Waals surface area (Å²) in [5, 5.41) is 0. The van der Waals surface area contributed by atoms with Gasteiger partial charge in [0.1, 0.15) is 6.10 Å². The van der Waals surface area contributed by atoms with Gasteiger partial charge in [-0.25, -0.2) is 0 Å². The molecule has 0 spiro atoms. The number of hydrogen-bond donors (Lipinski definition) is 0. The Bertz CT molecular complexity index is 807. The fourth-order valence-corrected chi connectivity index (χ4v) is 7.35. The molecule has 0 aromatic heterocycles. The maximum absolute atomic E-state index is 12.9. The number of ether oxygens (including phenoxy) is 4. The summed E-state index contributed by atoms with van der Waals surface area (Å²) >= 11 is 0. The second kappa shape index (κ2) is 24.8. The highest BCUT2D eigenvalue weighted by Crippen LogP contribution is 2.28. The van der Waals surface area contributed by atoms with Crippen molar-refractivity contribution in [2.24, 2.45) is 11.3 Å². The lowest BCUT2D eigenvalue weighted by molar-refractivity contribution is -0.154. The first kappa shape index (κ1) is 41.9. The highest BCUT2D eigenvalue weighted by atomic mass is 16.5. The zero-order valence-electron chi connectivity index (χ0n) is 31.5. The summed E-state index contributed by atoms with van der Waals surface area (Å²) in [4.78, 5) is 30.3. The van der Waals surface area contributed by atoms with Crippen LogP contribution in [0.3, 0.4) is 0 Å². The molecule has 2 saturated heterocycles. The van der Waals surface area contributed by atoms with Crippen molar-refractivity contribution >= 4 is 11.9 Å². The number of carbonyl (C=O) groups is 2. The van der Waals surface area contributed by atoms with Crippen LogP contribution in [0.4, 0.5) is 0 Å². The van der Waals surface area contributed by atoms with E-state index in [1.807, 2.05) is 13.8 Å². The molecule has 0 N–H and O–H groups in total. The van der Waals surface area contributed by atoms with E-state index < -0.39 is 5.41 Å². The molecule has 2 aliphatic rings. The molecule has 0 amide bonds. The van der Waals surface area contributed by atoms with Crippen LogP contribution in [-0.4, -0.2) is 100 Å². The number of likely N-dealkylation sites (tertiary alicyclic amines) is 1. The van der Waals surface area contributed by atoms with Crippen LogP contribution in [0.5, 0.6) is 0 Å². The molecule has 8 heteroatoms. The number of unbranched alkanes of at least 4 members (excludes halogenated alkanes) is 7. The van der Waals surface area contributed by atoms with Crippen LogP contribution in [0, 0.1) is 11.3 Å². The van der Waals surface area contributed by atoms with Gasteiger partial charge < -0.3 is 23.8 Å². The minimum absolute atomic E-state index is 0.0405. The van der Waals surface area contributed by atoms with Crippen molar-refractivity contribution in [3.8, 4) is 0 Å². The van der Waals surface area contributed by atoms with E-state index in [0.29, 0.717) is 31.7 Å². The fraction of sp³-hybridized carbons (Fsp3) is 0.949. The van der Waals surface area contributed by atoms with Gasteiger partial charge in [-0.15, -0.1) is 0 Å². The normalized spacial score (nSPS) is 19.6. The molecular weight excluding hydrogens is 592 g/mol. The lowest BCUT2D eigenvalue weighted by Crippen LogP contribution is -2.38. The van der Waals surface area contributed by atoms with Gasteiger partial charge in [0.2, 0.25) is 0 Å². The van der Waals surface area contributed by atoms with Crippen LogP contribution in [0.25, 0.3) is 0 Å². The van der Waals surface area contributed by atoms with Crippen molar-refractivity contribution in [1.82, 2.24) is 9.80 Å². The lowest BCUT2D eigenvalue weighted by Gasteiger charge is -2.30. The maximum atomic E-state index is 12.9. The predicted octanol–water partition coefficient (Wildman–Crippen LogP) is 8.20. The van der Waals surface area contributed by atoms with E-state index in [0.717, 1.165) is 96.6 Å². The molecule has 0 saturated carbocycles. The summed E-state index contributed by atoms with van der Waals surface area (Å²) in [7, 11) is 3.85. The van der Waals surface area contributed by atoms with Crippen molar-refractivity contribution in [1.29, 1.82) is 0 Å². The highest BCUT2D eigenvalue weighted by Gasteiger charge is 2.34. The lowest BCUT2D eigenvalue weighted by atomic mass is 9.87. The summed E-state index contributed by atoms with van der Waals surface area (Å²) in [6, 6.07) is 0.789. The van der Waals surface area contributed by atoms with Crippen LogP contribution < -0.4 is 0 Å². The molecule has 2 aliphatic heterocycles. The largest absolute Gasteiger partial charge is 0.465 e. The first-order valence-electron chi connectivity index (χ1n) is 19.6. The van der Waals surface area contributed by atoms with E-state index in [2.05, 4.69) is 30.7 Å². The van der Waals surface area contributed by atoms with Crippen molar-refractivity contribution in [2.75, 3.05) is 60.2 Å². The Balaban J connectivity index is 1.60. The second-order valence-electron chi connectivity index (χ2n) is 15.2. The van der Waals surface area contributed by atoms with E-state index in [9.17, 15) is 9.59 Å². The Kier molecular flexibility index (Phi) is 22.2. The van der Waals surface area contributed by atoms with Gasteiger partial charge >= 0.3 is 11.9 Å². The number of hydrogen-bond acceptors (Lipinski definition) is 8. The Morgan fingerprint density at radius 3 is 2.23 bits per heavy atom. The monoisotopic (exact) mass is 667 g/mol. The predicted molar refractivity (Wildman–Crippen MR) is 192 cm³/mol. The number of nitrogens with zero attached hydrogens (tertiary/aromatic N) is 2. The first-order chi connectivity index (χ1) is 22.7. The molecule has 2 rings (SSSR count). The molecule has 0 aromatic rings. The van der Waals surface area contributed by atoms with Gasteiger partial charge in [0.05, 0.1) is 25.0 Å². The van der Waals surface area contributed by atoms with Gasteiger partial charge in [-0.05, 0) is 71.9 Å². The molecule has 0 bridgehead atoms. The van der Waals surface area contributed by atoms with Crippen LogP contribution in [-0.2, 0) is 28.5 Å². The third-order valence-corrected chi connectivity index (χ3v) is 10.6. The maximum Gasteiger partial charge on any atom is 0.311 e. The third kappa shape index (κ3) is 17.8. The second-order valence-corrected chi connectivity index (χ2v) is 15.2. The molecule has 0 aromatic carbocycles. The zero-order valence-corrected chi connectivity index (χ0v) is 31.5. The molecule has 0 aliphatic carbocycles. The molecular formula is C39H74N2O6. The Labute approximate surface area is 289 Å². The number of carbonyl (C=O) groups excluding carboxylic acids is 2. The molecule has 2 atom stereocenters. The Hall–Kier alpha value is -1.22. The van der Waals surface area contributed by atoms with Crippen LogP contribution in [0.1, 0.15) is 150 Å². The standard InChI is InChI=1S/C39H74N2O6/c1-7-9-13-18-33(19-14-10-8-2)20-17-27-46-38(43)39(3,4)24-15-11-12-16-25-41-31-36(30-35(41)32-44-6)47-37(42)21-26-40(5)34-22-28-45-29-23-34/h33-36H,7-32H2,1-6H3/t35-,36-/m0/s1. The molecule has 47 heavy (non-hydrogen) atoms. The highest BCUT2D eigenvalue weighted by molar-refractivity contribution is 5.75. The van der Waals surface area contributed by atoms with Crippen molar-refractivity contribution in [2.45, 2.75) is 168 Å². The van der Waals surface area contributed by atoms with Crippen molar-refractivity contribution < 1.29 is 28.5 Å². The summed E-state index contributed by atoms with van der Waals surface area (Å²) in [6.07, 6.45) is 21.2. The topological polar surface area (TPSA) is 77.5 Å². The van der Waals surface area contributed by atoms with Crippen molar-refractivity contribution in [3.63, 3.8) is 0 Å². The quantitative estimate of drug-likeness (QED) is 0.0642. The van der Waals surface area contributed by atoms with Gasteiger partial charge in [0.15, 0.2) is 0 Å². The van der Waals surface area contributed by atoms with Crippen LogP contribution in [0.2, 0.25) is 0 Å². The first-order valence-corrected chi connectivity index (χ1v) is 19.6. The molecule has 0 radical (unpaired) electrons.